The molecule has 3 aliphatic rings. The third kappa shape index (κ3) is 3.98. The van der Waals surface area contributed by atoms with Gasteiger partial charge in [-0.3, -0.25) is 0 Å². The van der Waals surface area contributed by atoms with Crippen molar-refractivity contribution in [2.75, 3.05) is 26.2 Å². The number of piperidine rings is 1. The zero-order chi connectivity index (χ0) is 14.0. The van der Waals surface area contributed by atoms with Crippen LogP contribution in [0.25, 0.3) is 0 Å². The second-order valence-corrected chi connectivity index (χ2v) is 8.32. The molecule has 0 amide bonds. The molecule has 0 spiro atoms. The van der Waals surface area contributed by atoms with Gasteiger partial charge >= 0.3 is 0 Å². The normalized spacial score (nSPS) is 37.2. The van der Waals surface area contributed by atoms with E-state index in [2.05, 4.69) is 24.1 Å². The largest absolute Gasteiger partial charge is 0.313 e. The highest BCUT2D eigenvalue weighted by Crippen LogP contribution is 2.40. The summed E-state index contributed by atoms with van der Waals surface area (Å²) in [6.45, 7) is 10.2. The van der Waals surface area contributed by atoms with Crippen molar-refractivity contribution in [1.82, 2.24) is 10.2 Å². The van der Waals surface area contributed by atoms with Gasteiger partial charge in [-0.05, 0) is 68.9 Å². The van der Waals surface area contributed by atoms with Crippen molar-refractivity contribution in [3.8, 4) is 0 Å². The van der Waals surface area contributed by atoms with Crippen molar-refractivity contribution in [2.24, 2.45) is 17.3 Å². The summed E-state index contributed by atoms with van der Waals surface area (Å²) in [5.74, 6) is 1.89. The number of hydrogen-bond acceptors (Lipinski definition) is 2. The minimum absolute atomic E-state index is 0.584. The molecule has 3 rings (SSSR count). The van der Waals surface area contributed by atoms with E-state index in [1.54, 1.807) is 0 Å². The molecule has 116 valence electrons. The Morgan fingerprint density at radius 2 is 1.75 bits per heavy atom. The molecule has 2 nitrogen and oxygen atoms in total. The molecule has 20 heavy (non-hydrogen) atoms. The van der Waals surface area contributed by atoms with Gasteiger partial charge in [0, 0.05) is 19.1 Å². The standard InChI is InChI=1S/C18H34N2/c1-15-7-10-20(11-8-15)14-18(13-19-17-5-6-17)9-3-4-16(2)12-18/h15-17,19H,3-14H2,1-2H3. The van der Waals surface area contributed by atoms with Gasteiger partial charge in [0.2, 0.25) is 0 Å². The second kappa shape index (κ2) is 6.36. The van der Waals surface area contributed by atoms with Crippen LogP contribution in [0.1, 0.15) is 65.2 Å². The number of likely N-dealkylation sites (tertiary alicyclic amines) is 1. The molecule has 2 unspecified atom stereocenters. The maximum atomic E-state index is 3.86. The number of nitrogens with one attached hydrogen (secondary N) is 1. The van der Waals surface area contributed by atoms with Crippen LogP contribution in [0.2, 0.25) is 0 Å². The molecular formula is C18H34N2. The molecule has 1 N–H and O–H groups in total. The Kier molecular flexibility index (Phi) is 4.72. The lowest BCUT2D eigenvalue weighted by Gasteiger charge is -2.45. The maximum absolute atomic E-state index is 3.86. The van der Waals surface area contributed by atoms with E-state index < -0.39 is 0 Å². The van der Waals surface area contributed by atoms with Gasteiger partial charge in [0.25, 0.3) is 0 Å². The molecule has 0 aromatic heterocycles. The molecule has 2 atom stereocenters. The summed E-state index contributed by atoms with van der Waals surface area (Å²) in [7, 11) is 0. The molecule has 3 fully saturated rings. The average molecular weight is 278 g/mol. The molecule has 1 heterocycles. The first-order valence-electron chi connectivity index (χ1n) is 9.11. The highest BCUT2D eigenvalue weighted by Gasteiger charge is 2.38. The van der Waals surface area contributed by atoms with Crippen LogP contribution in [0.15, 0.2) is 0 Å². The first kappa shape index (κ1) is 14.8. The van der Waals surface area contributed by atoms with E-state index >= 15 is 0 Å². The van der Waals surface area contributed by atoms with Gasteiger partial charge < -0.3 is 10.2 Å². The van der Waals surface area contributed by atoms with Crippen LogP contribution in [-0.4, -0.2) is 37.1 Å². The van der Waals surface area contributed by atoms with E-state index in [-0.39, 0.29) is 0 Å². The predicted molar refractivity (Wildman–Crippen MR) is 85.9 cm³/mol. The summed E-state index contributed by atoms with van der Waals surface area (Å²) in [5, 5.41) is 3.86. The van der Waals surface area contributed by atoms with Gasteiger partial charge in [0.1, 0.15) is 0 Å². The van der Waals surface area contributed by atoms with Crippen molar-refractivity contribution in [3.05, 3.63) is 0 Å². The summed E-state index contributed by atoms with van der Waals surface area (Å²) in [6.07, 6.45) is 11.5. The number of nitrogens with zero attached hydrogens (tertiary/aromatic N) is 1. The van der Waals surface area contributed by atoms with Crippen LogP contribution in [0, 0.1) is 17.3 Å². The molecule has 2 aliphatic carbocycles. The Morgan fingerprint density at radius 3 is 2.40 bits per heavy atom. The Balaban J connectivity index is 1.58. The predicted octanol–water partition coefficient (Wildman–Crippen LogP) is 3.67. The highest BCUT2D eigenvalue weighted by molar-refractivity contribution is 4.93. The van der Waals surface area contributed by atoms with Crippen molar-refractivity contribution in [2.45, 2.75) is 71.3 Å². The molecule has 0 bridgehead atoms. The van der Waals surface area contributed by atoms with Crippen LogP contribution >= 0.6 is 0 Å². The summed E-state index contributed by atoms with van der Waals surface area (Å²) >= 11 is 0. The molecule has 2 saturated carbocycles. The van der Waals surface area contributed by atoms with Gasteiger partial charge in [-0.15, -0.1) is 0 Å². The third-order valence-electron chi connectivity index (χ3n) is 5.96. The van der Waals surface area contributed by atoms with Crippen molar-refractivity contribution >= 4 is 0 Å². The van der Waals surface area contributed by atoms with Crippen molar-refractivity contribution in [3.63, 3.8) is 0 Å². The fraction of sp³-hybridized carbons (Fsp3) is 1.00. The monoisotopic (exact) mass is 278 g/mol. The van der Waals surface area contributed by atoms with Gasteiger partial charge in [-0.1, -0.05) is 26.7 Å². The van der Waals surface area contributed by atoms with Gasteiger partial charge in [0.15, 0.2) is 0 Å². The first-order valence-corrected chi connectivity index (χ1v) is 9.11. The minimum atomic E-state index is 0.584. The van der Waals surface area contributed by atoms with E-state index in [1.165, 1.54) is 77.5 Å². The Morgan fingerprint density at radius 1 is 1.00 bits per heavy atom. The molecule has 1 aliphatic heterocycles. The van der Waals surface area contributed by atoms with E-state index in [1.807, 2.05) is 0 Å². The van der Waals surface area contributed by atoms with E-state index in [0.29, 0.717) is 5.41 Å². The van der Waals surface area contributed by atoms with E-state index in [0.717, 1.165) is 17.9 Å². The highest BCUT2D eigenvalue weighted by atomic mass is 15.1. The van der Waals surface area contributed by atoms with E-state index in [9.17, 15) is 0 Å². The summed E-state index contributed by atoms with van der Waals surface area (Å²) in [4.78, 5) is 2.78. The fourth-order valence-corrected chi connectivity index (χ4v) is 4.47. The Labute approximate surface area is 125 Å². The molecule has 1 saturated heterocycles. The van der Waals surface area contributed by atoms with Crippen molar-refractivity contribution < 1.29 is 0 Å². The maximum Gasteiger partial charge on any atom is 0.00684 e. The molecule has 0 aromatic rings. The second-order valence-electron chi connectivity index (χ2n) is 8.32. The lowest BCUT2D eigenvalue weighted by Crippen LogP contribution is -2.48. The van der Waals surface area contributed by atoms with Crippen LogP contribution < -0.4 is 5.32 Å². The summed E-state index contributed by atoms with van der Waals surface area (Å²) < 4.78 is 0. The zero-order valence-electron chi connectivity index (χ0n) is 13.7. The Bertz CT molecular complexity index is 305. The fourth-order valence-electron chi connectivity index (χ4n) is 4.47. The van der Waals surface area contributed by atoms with Crippen LogP contribution in [-0.2, 0) is 0 Å². The van der Waals surface area contributed by atoms with Gasteiger partial charge in [-0.25, -0.2) is 0 Å². The minimum Gasteiger partial charge on any atom is -0.313 e. The number of hydrogen-bond donors (Lipinski definition) is 1. The third-order valence-corrected chi connectivity index (χ3v) is 5.96. The molecule has 0 aromatic carbocycles. The Hall–Kier alpha value is -0.0800. The topological polar surface area (TPSA) is 15.3 Å². The average Bonchev–Trinajstić information content (AvgIpc) is 3.24. The van der Waals surface area contributed by atoms with Crippen molar-refractivity contribution in [1.29, 1.82) is 0 Å². The summed E-state index contributed by atoms with van der Waals surface area (Å²) in [5.41, 5.74) is 0.584. The zero-order valence-corrected chi connectivity index (χ0v) is 13.7. The van der Waals surface area contributed by atoms with E-state index in [4.69, 9.17) is 0 Å². The lowest BCUT2D eigenvalue weighted by molar-refractivity contribution is 0.0625. The number of rotatable bonds is 5. The van der Waals surface area contributed by atoms with Gasteiger partial charge in [0.05, 0.1) is 0 Å². The first-order chi connectivity index (χ1) is 9.65. The van der Waals surface area contributed by atoms with Crippen LogP contribution in [0.5, 0.6) is 0 Å². The molecule has 2 heteroatoms. The lowest BCUT2D eigenvalue weighted by atomic mass is 9.69. The molecular weight excluding hydrogens is 244 g/mol. The molecule has 0 radical (unpaired) electrons. The quantitative estimate of drug-likeness (QED) is 0.825. The van der Waals surface area contributed by atoms with Crippen LogP contribution in [0.4, 0.5) is 0 Å². The van der Waals surface area contributed by atoms with Gasteiger partial charge in [-0.2, -0.15) is 0 Å². The summed E-state index contributed by atoms with van der Waals surface area (Å²) in [6, 6.07) is 0.866. The van der Waals surface area contributed by atoms with Crippen LogP contribution in [0.3, 0.4) is 0 Å². The smallest absolute Gasteiger partial charge is 0.00684 e. The SMILES string of the molecule is CC1CCN(CC2(CNC3CC3)CCCC(C)C2)CC1.